The summed E-state index contributed by atoms with van der Waals surface area (Å²) in [7, 11) is 0. The Kier molecular flexibility index (Phi) is 4.73. The summed E-state index contributed by atoms with van der Waals surface area (Å²) in [6.07, 6.45) is 2.98. The maximum atomic E-state index is 9.18. The van der Waals surface area contributed by atoms with Crippen LogP contribution in [0.1, 0.15) is 40.0 Å². The zero-order chi connectivity index (χ0) is 13.9. The Hall–Kier alpha value is -0.341. The van der Waals surface area contributed by atoms with Gasteiger partial charge in [-0.1, -0.05) is 0 Å². The number of ether oxygens (including phenoxy) is 1. The van der Waals surface area contributed by atoms with E-state index in [1.807, 2.05) is 0 Å². The number of aliphatic hydroxyl groups excluding tert-OH is 1. The van der Waals surface area contributed by atoms with Crippen molar-refractivity contribution in [2.45, 2.75) is 56.1 Å². The van der Waals surface area contributed by atoms with Crippen LogP contribution in [0.15, 0.2) is 30.3 Å². The normalized spacial score (nSPS) is 30.2. The molecule has 3 heteroatoms. The van der Waals surface area contributed by atoms with Gasteiger partial charge in [-0.15, -0.1) is 0 Å². The molecular formula is C16H24O2Se. The molecule has 1 heterocycles. The molecule has 0 radical (unpaired) electrons. The van der Waals surface area contributed by atoms with Crippen LogP contribution >= 0.6 is 0 Å². The number of aliphatic hydroxyl groups is 1. The summed E-state index contributed by atoms with van der Waals surface area (Å²) in [4.78, 5) is 0.606. The van der Waals surface area contributed by atoms with E-state index in [1.54, 1.807) is 0 Å². The van der Waals surface area contributed by atoms with Gasteiger partial charge in [0.25, 0.3) is 0 Å². The Bertz CT molecular complexity index is 404. The van der Waals surface area contributed by atoms with E-state index in [9.17, 15) is 5.11 Å². The molecule has 2 nitrogen and oxygen atoms in total. The Morgan fingerprint density at radius 1 is 1.26 bits per heavy atom. The Morgan fingerprint density at radius 2 is 1.95 bits per heavy atom. The SMILES string of the molecule is CC1(C)O[C@](C)(CCO)CC[C@H]1[Se]c1ccccc1. The van der Waals surface area contributed by atoms with Crippen LogP contribution in [0.5, 0.6) is 0 Å². The molecule has 1 aromatic carbocycles. The van der Waals surface area contributed by atoms with Crippen LogP contribution < -0.4 is 4.46 Å². The van der Waals surface area contributed by atoms with E-state index in [0.717, 1.165) is 12.8 Å². The number of hydrogen-bond donors (Lipinski definition) is 1. The van der Waals surface area contributed by atoms with Gasteiger partial charge in [0, 0.05) is 0 Å². The maximum absolute atomic E-state index is 9.18. The molecule has 1 N–H and O–H groups in total. The summed E-state index contributed by atoms with van der Waals surface area (Å²) in [5.74, 6) is 0. The first-order chi connectivity index (χ1) is 8.95. The molecule has 1 aromatic rings. The molecule has 2 rings (SSSR count). The van der Waals surface area contributed by atoms with Crippen LogP contribution in [0, 0.1) is 0 Å². The van der Waals surface area contributed by atoms with Gasteiger partial charge in [-0.2, -0.15) is 0 Å². The van der Waals surface area contributed by atoms with Crippen LogP contribution in [0.4, 0.5) is 0 Å². The third kappa shape index (κ3) is 3.82. The van der Waals surface area contributed by atoms with E-state index in [4.69, 9.17) is 4.74 Å². The molecule has 1 fully saturated rings. The first kappa shape index (κ1) is 15.1. The van der Waals surface area contributed by atoms with E-state index in [0.29, 0.717) is 19.8 Å². The number of rotatable bonds is 4. The van der Waals surface area contributed by atoms with E-state index < -0.39 is 0 Å². The van der Waals surface area contributed by atoms with Gasteiger partial charge in [-0.3, -0.25) is 0 Å². The fraction of sp³-hybridized carbons (Fsp3) is 0.625. The first-order valence-corrected chi connectivity index (χ1v) is 8.82. The molecule has 0 spiro atoms. The second-order valence-electron chi connectivity index (χ2n) is 6.09. The topological polar surface area (TPSA) is 29.5 Å². The van der Waals surface area contributed by atoms with Crippen LogP contribution in [0.25, 0.3) is 0 Å². The predicted octanol–water partition coefficient (Wildman–Crippen LogP) is 2.53. The fourth-order valence-electron chi connectivity index (χ4n) is 2.81. The molecule has 1 aliphatic heterocycles. The second-order valence-corrected chi connectivity index (χ2v) is 8.76. The zero-order valence-electron chi connectivity index (χ0n) is 12.1. The summed E-state index contributed by atoms with van der Waals surface area (Å²) in [6.45, 7) is 6.76. The quantitative estimate of drug-likeness (QED) is 0.861. The van der Waals surface area contributed by atoms with E-state index in [2.05, 4.69) is 51.1 Å². The summed E-state index contributed by atoms with van der Waals surface area (Å²) >= 11 is 0.450. The van der Waals surface area contributed by atoms with Crippen LogP contribution in [0.3, 0.4) is 0 Å². The van der Waals surface area contributed by atoms with Crippen molar-refractivity contribution in [2.24, 2.45) is 0 Å². The molecule has 2 atom stereocenters. The van der Waals surface area contributed by atoms with Gasteiger partial charge in [-0.05, 0) is 0 Å². The average molecular weight is 327 g/mol. The van der Waals surface area contributed by atoms with Crippen LogP contribution in [-0.2, 0) is 4.74 Å². The van der Waals surface area contributed by atoms with Gasteiger partial charge in [0.1, 0.15) is 0 Å². The van der Waals surface area contributed by atoms with Crippen molar-refractivity contribution in [3.8, 4) is 0 Å². The van der Waals surface area contributed by atoms with E-state index in [-0.39, 0.29) is 17.8 Å². The Balaban J connectivity index is 2.04. The molecule has 1 aliphatic rings. The summed E-state index contributed by atoms with van der Waals surface area (Å²) in [5.41, 5.74) is -0.250. The first-order valence-electron chi connectivity index (χ1n) is 6.98. The molecule has 0 bridgehead atoms. The van der Waals surface area contributed by atoms with E-state index in [1.165, 1.54) is 10.9 Å². The molecule has 0 aliphatic carbocycles. The minimum atomic E-state index is -0.151. The average Bonchev–Trinajstić information content (AvgIpc) is 2.34. The van der Waals surface area contributed by atoms with Gasteiger partial charge in [0.15, 0.2) is 0 Å². The third-order valence-electron chi connectivity index (χ3n) is 3.88. The number of benzene rings is 1. The molecule has 0 amide bonds. The van der Waals surface area contributed by atoms with Crippen molar-refractivity contribution < 1.29 is 9.84 Å². The van der Waals surface area contributed by atoms with Crippen LogP contribution in [-0.4, -0.2) is 37.9 Å². The monoisotopic (exact) mass is 328 g/mol. The van der Waals surface area contributed by atoms with Crippen molar-refractivity contribution >= 4 is 19.4 Å². The molecule has 0 saturated carbocycles. The molecule has 0 aromatic heterocycles. The summed E-state index contributed by atoms with van der Waals surface area (Å²) < 4.78 is 7.79. The summed E-state index contributed by atoms with van der Waals surface area (Å²) in [5, 5.41) is 9.18. The number of hydrogen-bond acceptors (Lipinski definition) is 2. The van der Waals surface area contributed by atoms with Crippen molar-refractivity contribution in [1.82, 2.24) is 0 Å². The predicted molar refractivity (Wildman–Crippen MR) is 80.1 cm³/mol. The standard InChI is InChI=1S/C16H24O2Se/c1-15(2)14(19-13-7-5-4-6-8-13)9-10-16(3,18-15)11-12-17/h4-8,14,17H,9-12H2,1-3H3/t14-,16+/m1/s1. The molecule has 106 valence electrons. The van der Waals surface area contributed by atoms with Crippen molar-refractivity contribution in [1.29, 1.82) is 0 Å². The molecule has 19 heavy (non-hydrogen) atoms. The minimum absolute atomic E-state index is 0.0992. The van der Waals surface area contributed by atoms with Crippen molar-refractivity contribution in [2.75, 3.05) is 6.61 Å². The Morgan fingerprint density at radius 3 is 2.53 bits per heavy atom. The molecule has 0 unspecified atom stereocenters. The fourth-order valence-corrected chi connectivity index (χ4v) is 5.35. The second kappa shape index (κ2) is 5.97. The van der Waals surface area contributed by atoms with Gasteiger partial charge in [0.05, 0.1) is 0 Å². The van der Waals surface area contributed by atoms with Crippen molar-refractivity contribution in [3.05, 3.63) is 30.3 Å². The van der Waals surface area contributed by atoms with Crippen LogP contribution in [0.2, 0.25) is 4.82 Å². The molecular weight excluding hydrogens is 303 g/mol. The van der Waals surface area contributed by atoms with Crippen molar-refractivity contribution in [3.63, 3.8) is 0 Å². The van der Waals surface area contributed by atoms with Gasteiger partial charge in [0.2, 0.25) is 0 Å². The van der Waals surface area contributed by atoms with Gasteiger partial charge in [-0.25, -0.2) is 0 Å². The third-order valence-corrected chi connectivity index (χ3v) is 7.31. The van der Waals surface area contributed by atoms with Gasteiger partial charge >= 0.3 is 122 Å². The van der Waals surface area contributed by atoms with Gasteiger partial charge < -0.3 is 0 Å². The Labute approximate surface area is 122 Å². The zero-order valence-corrected chi connectivity index (χ0v) is 13.8. The van der Waals surface area contributed by atoms with E-state index >= 15 is 0 Å². The summed E-state index contributed by atoms with van der Waals surface area (Å²) in [6, 6.07) is 10.7. The molecule has 1 saturated heterocycles.